The van der Waals surface area contributed by atoms with E-state index in [1.165, 1.54) is 0 Å². The second kappa shape index (κ2) is 15.9. The second-order valence-corrected chi connectivity index (χ2v) is 9.67. The maximum atomic E-state index is 13.2. The van der Waals surface area contributed by atoms with E-state index in [2.05, 4.69) is 15.4 Å². The van der Waals surface area contributed by atoms with Gasteiger partial charge in [-0.1, -0.05) is 26.0 Å². The molecule has 0 spiro atoms. The first-order chi connectivity index (χ1) is 17.8. The van der Waals surface area contributed by atoms with Gasteiger partial charge in [0.2, 0.25) is 5.60 Å². The van der Waals surface area contributed by atoms with E-state index < -0.39 is 36.4 Å². The van der Waals surface area contributed by atoms with Gasteiger partial charge in [-0.25, -0.2) is 0 Å². The van der Waals surface area contributed by atoms with Crippen molar-refractivity contribution in [1.82, 2.24) is 10.6 Å². The van der Waals surface area contributed by atoms with Gasteiger partial charge < -0.3 is 35.7 Å². The first-order valence-electron chi connectivity index (χ1n) is 12.6. The Morgan fingerprint density at radius 3 is 2.26 bits per heavy atom. The van der Waals surface area contributed by atoms with Crippen molar-refractivity contribution in [3.05, 3.63) is 29.8 Å². The number of nitrogens with two attached hydrogens (primary N) is 1. The Morgan fingerprint density at radius 1 is 1.05 bits per heavy atom. The van der Waals surface area contributed by atoms with Crippen LogP contribution in [0.1, 0.15) is 50.4 Å². The topological polar surface area (TPSA) is 132 Å². The van der Waals surface area contributed by atoms with Gasteiger partial charge in [-0.05, 0) is 50.2 Å². The number of halogens is 3. The van der Waals surface area contributed by atoms with E-state index in [-0.39, 0.29) is 30.7 Å². The highest BCUT2D eigenvalue weighted by Gasteiger charge is 2.57. The fourth-order valence-electron chi connectivity index (χ4n) is 3.58. The Balaban J connectivity index is 2.68. The van der Waals surface area contributed by atoms with Crippen LogP contribution in [0.3, 0.4) is 0 Å². The molecule has 1 aromatic rings. The van der Waals surface area contributed by atoms with E-state index in [4.69, 9.17) is 15.2 Å². The fraction of sp³-hybridized carbons (Fsp3) is 0.692. The standard InChI is InChI=1S/C26H42F3N3O6/c1-17(2)18(14-20(30)21(33)16-32-24(35)25(3,37-5)26(27,28)29)15-31-23(34)19-10-6-7-11-22(19)38-13-9-8-12-36-4/h6-7,10-11,17-18,20-21,33H,8-9,12-16,30H2,1-5H3,(H,31,34)(H,32,35)/t18?,20?,21?,25-/m1/s1. The zero-order valence-corrected chi connectivity index (χ0v) is 22.8. The molecule has 0 saturated carbocycles. The van der Waals surface area contributed by atoms with Crippen LogP contribution in [0, 0.1) is 11.8 Å². The maximum absolute atomic E-state index is 13.2. The van der Waals surface area contributed by atoms with Gasteiger partial charge in [0, 0.05) is 40.0 Å². The number of rotatable bonds is 17. The van der Waals surface area contributed by atoms with Crippen LogP contribution in [0.25, 0.3) is 0 Å². The molecule has 9 nitrogen and oxygen atoms in total. The van der Waals surface area contributed by atoms with Crippen LogP contribution >= 0.6 is 0 Å². The lowest BCUT2D eigenvalue weighted by molar-refractivity contribution is -0.253. The molecule has 0 aliphatic carbocycles. The monoisotopic (exact) mass is 549 g/mol. The summed E-state index contributed by atoms with van der Waals surface area (Å²) in [5.74, 6) is -1.37. The van der Waals surface area contributed by atoms with Gasteiger partial charge in [-0.3, -0.25) is 9.59 Å². The van der Waals surface area contributed by atoms with Crippen molar-refractivity contribution < 1.29 is 42.1 Å². The predicted octanol–water partition coefficient (Wildman–Crippen LogP) is 2.66. The number of alkyl halides is 3. The van der Waals surface area contributed by atoms with Crippen molar-refractivity contribution in [1.29, 1.82) is 0 Å². The first-order valence-corrected chi connectivity index (χ1v) is 12.6. The van der Waals surface area contributed by atoms with Crippen LogP contribution in [-0.4, -0.2) is 81.4 Å². The van der Waals surface area contributed by atoms with Gasteiger partial charge in [0.15, 0.2) is 0 Å². The first kappa shape index (κ1) is 33.6. The Kier molecular flexibility index (Phi) is 14.0. The third-order valence-electron chi connectivity index (χ3n) is 6.52. The fourth-order valence-corrected chi connectivity index (χ4v) is 3.58. The molecule has 1 aromatic carbocycles. The summed E-state index contributed by atoms with van der Waals surface area (Å²) in [5, 5.41) is 15.3. The van der Waals surface area contributed by atoms with E-state index in [0.29, 0.717) is 31.5 Å². The molecule has 5 N–H and O–H groups in total. The molecule has 12 heteroatoms. The highest BCUT2D eigenvalue weighted by molar-refractivity contribution is 5.96. The Labute approximate surface area is 222 Å². The number of benzene rings is 1. The lowest BCUT2D eigenvalue weighted by Gasteiger charge is -2.31. The number of unbranched alkanes of at least 4 members (excludes halogenated alkanes) is 1. The van der Waals surface area contributed by atoms with E-state index in [9.17, 15) is 27.9 Å². The van der Waals surface area contributed by atoms with E-state index in [1.54, 1.807) is 31.4 Å². The van der Waals surface area contributed by atoms with Gasteiger partial charge in [-0.15, -0.1) is 0 Å². The summed E-state index contributed by atoms with van der Waals surface area (Å²) < 4.78 is 54.7. The number of para-hydroxylation sites is 1. The summed E-state index contributed by atoms with van der Waals surface area (Å²) >= 11 is 0. The van der Waals surface area contributed by atoms with Crippen molar-refractivity contribution >= 4 is 11.8 Å². The largest absolute Gasteiger partial charge is 0.493 e. The lowest BCUT2D eigenvalue weighted by atomic mass is 9.87. The van der Waals surface area contributed by atoms with Crippen LogP contribution in [0.2, 0.25) is 0 Å². The molecule has 0 fully saturated rings. The van der Waals surface area contributed by atoms with Crippen molar-refractivity contribution in [2.24, 2.45) is 17.6 Å². The average molecular weight is 550 g/mol. The van der Waals surface area contributed by atoms with Crippen molar-refractivity contribution in [3.63, 3.8) is 0 Å². The van der Waals surface area contributed by atoms with Gasteiger partial charge in [0.1, 0.15) is 5.75 Å². The minimum Gasteiger partial charge on any atom is -0.493 e. The number of nitrogens with one attached hydrogen (secondary N) is 2. The molecule has 0 radical (unpaired) electrons. The number of methoxy groups -OCH3 is 2. The Morgan fingerprint density at radius 2 is 1.68 bits per heavy atom. The van der Waals surface area contributed by atoms with Crippen molar-refractivity contribution in [3.8, 4) is 5.75 Å². The summed E-state index contributed by atoms with van der Waals surface area (Å²) in [6, 6.07) is 6.04. The number of hydrogen-bond donors (Lipinski definition) is 4. The number of ether oxygens (including phenoxy) is 3. The minimum absolute atomic E-state index is 0.0671. The van der Waals surface area contributed by atoms with Gasteiger partial charge in [0.05, 0.1) is 18.3 Å². The van der Waals surface area contributed by atoms with Crippen LogP contribution in [0.5, 0.6) is 5.75 Å². The highest BCUT2D eigenvalue weighted by atomic mass is 19.4. The number of amides is 2. The summed E-state index contributed by atoms with van der Waals surface area (Å²) in [7, 11) is 2.41. The zero-order valence-electron chi connectivity index (χ0n) is 22.8. The molecule has 0 aliphatic rings. The summed E-state index contributed by atoms with van der Waals surface area (Å²) in [4.78, 5) is 25.0. The van der Waals surface area contributed by atoms with Gasteiger partial charge in [0.25, 0.3) is 11.8 Å². The molecule has 218 valence electrons. The SMILES string of the molecule is COCCCCOc1ccccc1C(=O)NCC(CC(N)C(O)CNC(=O)[C@@](C)(OC)C(F)(F)F)C(C)C. The molecule has 2 amide bonds. The van der Waals surface area contributed by atoms with Crippen LogP contribution in [-0.2, 0) is 14.3 Å². The lowest BCUT2D eigenvalue weighted by Crippen LogP contribution is -2.58. The molecule has 0 aliphatic heterocycles. The van der Waals surface area contributed by atoms with E-state index in [0.717, 1.165) is 20.0 Å². The van der Waals surface area contributed by atoms with Gasteiger partial charge >= 0.3 is 6.18 Å². The number of aliphatic hydroxyl groups excluding tert-OH is 1. The number of carbonyl (C=O) groups is 2. The average Bonchev–Trinajstić information content (AvgIpc) is 2.87. The normalized spacial score (nSPS) is 15.9. The molecule has 0 saturated heterocycles. The van der Waals surface area contributed by atoms with Crippen LogP contribution < -0.4 is 21.1 Å². The van der Waals surface area contributed by atoms with Crippen molar-refractivity contribution in [2.45, 2.75) is 64.0 Å². The summed E-state index contributed by atoms with van der Waals surface area (Å²) in [6.07, 6.45) is -4.37. The van der Waals surface area contributed by atoms with Crippen molar-refractivity contribution in [2.75, 3.05) is 40.5 Å². The minimum atomic E-state index is -4.94. The second-order valence-electron chi connectivity index (χ2n) is 9.67. The van der Waals surface area contributed by atoms with Crippen LogP contribution in [0.15, 0.2) is 24.3 Å². The molecular formula is C26H42F3N3O6. The molecule has 0 heterocycles. The molecular weight excluding hydrogens is 507 g/mol. The summed E-state index contributed by atoms with van der Waals surface area (Å²) in [6.45, 7) is 5.31. The predicted molar refractivity (Wildman–Crippen MR) is 137 cm³/mol. The number of carbonyl (C=O) groups excluding carboxylic acids is 2. The molecule has 3 unspecified atom stereocenters. The molecule has 38 heavy (non-hydrogen) atoms. The number of aliphatic hydroxyl groups is 1. The quantitative estimate of drug-likeness (QED) is 0.220. The van der Waals surface area contributed by atoms with E-state index >= 15 is 0 Å². The number of hydrogen-bond acceptors (Lipinski definition) is 7. The Bertz CT molecular complexity index is 871. The molecule has 0 aromatic heterocycles. The summed E-state index contributed by atoms with van der Waals surface area (Å²) in [5.41, 5.74) is 3.44. The van der Waals surface area contributed by atoms with Crippen LogP contribution in [0.4, 0.5) is 13.2 Å². The maximum Gasteiger partial charge on any atom is 0.426 e. The van der Waals surface area contributed by atoms with E-state index in [1.807, 2.05) is 13.8 Å². The zero-order chi connectivity index (χ0) is 28.9. The third kappa shape index (κ3) is 10.0. The Hall–Kier alpha value is -2.41. The molecule has 0 bridgehead atoms. The van der Waals surface area contributed by atoms with Gasteiger partial charge in [-0.2, -0.15) is 13.2 Å². The molecule has 4 atom stereocenters. The molecule has 1 rings (SSSR count). The smallest absolute Gasteiger partial charge is 0.426 e. The third-order valence-corrected chi connectivity index (χ3v) is 6.52. The highest BCUT2D eigenvalue weighted by Crippen LogP contribution is 2.33.